The molecule has 1 aliphatic heterocycles. The maximum atomic E-state index is 12.8. The summed E-state index contributed by atoms with van der Waals surface area (Å²) in [6.45, 7) is 4.64. The largest absolute Gasteiger partial charge is 0.494 e. The summed E-state index contributed by atoms with van der Waals surface area (Å²) in [7, 11) is 1.71. The lowest BCUT2D eigenvalue weighted by atomic mass is 9.93. The van der Waals surface area contributed by atoms with E-state index >= 15 is 0 Å². The second-order valence-electron chi connectivity index (χ2n) is 6.63. The highest BCUT2D eigenvalue weighted by Crippen LogP contribution is 2.32. The van der Waals surface area contributed by atoms with Crippen LogP contribution in [0.15, 0.2) is 48.7 Å². The molecule has 5 nitrogen and oxygen atoms in total. The van der Waals surface area contributed by atoms with Gasteiger partial charge in [0.2, 0.25) is 5.91 Å². The van der Waals surface area contributed by atoms with Crippen molar-refractivity contribution in [2.75, 3.05) is 33.4 Å². The van der Waals surface area contributed by atoms with Gasteiger partial charge in [0.15, 0.2) is 0 Å². The van der Waals surface area contributed by atoms with Crippen LogP contribution in [0.5, 0.6) is 5.75 Å². The van der Waals surface area contributed by atoms with Gasteiger partial charge >= 0.3 is 0 Å². The van der Waals surface area contributed by atoms with Gasteiger partial charge < -0.3 is 14.4 Å². The Morgan fingerprint density at radius 1 is 1.19 bits per heavy atom. The number of hydrogen-bond acceptors (Lipinski definition) is 4. The van der Waals surface area contributed by atoms with Gasteiger partial charge in [0.25, 0.3) is 0 Å². The molecule has 2 aromatic rings. The molecule has 0 N–H and O–H groups in total. The van der Waals surface area contributed by atoms with Crippen LogP contribution < -0.4 is 4.74 Å². The van der Waals surface area contributed by atoms with Crippen LogP contribution in [0.4, 0.5) is 0 Å². The van der Waals surface area contributed by atoms with Gasteiger partial charge in [-0.1, -0.05) is 18.2 Å². The maximum absolute atomic E-state index is 12.8. The molecule has 0 aliphatic carbocycles. The minimum absolute atomic E-state index is 0.147. The standard InChI is InChI=1S/C21H26N2O3/c1-3-26-18-9-7-16(8-10-18)12-21(24)23-13-17(15-25-2)19(14-23)20-6-4-5-11-22-20/h4-11,17,19H,3,12-15H2,1-2H3. The molecule has 5 heteroatoms. The molecule has 2 unspecified atom stereocenters. The van der Waals surface area contributed by atoms with Gasteiger partial charge in [-0.15, -0.1) is 0 Å². The average Bonchev–Trinajstić information content (AvgIpc) is 3.09. The zero-order valence-electron chi connectivity index (χ0n) is 15.4. The molecule has 1 aromatic carbocycles. The van der Waals surface area contributed by atoms with Crippen LogP contribution in [0.25, 0.3) is 0 Å². The molecule has 3 rings (SSSR count). The molecule has 1 aliphatic rings. The summed E-state index contributed by atoms with van der Waals surface area (Å²) < 4.78 is 10.8. The molecular weight excluding hydrogens is 328 g/mol. The van der Waals surface area contributed by atoms with Gasteiger partial charge in [-0.3, -0.25) is 9.78 Å². The summed E-state index contributed by atoms with van der Waals surface area (Å²) in [4.78, 5) is 19.2. The molecule has 0 saturated carbocycles. The van der Waals surface area contributed by atoms with Crippen molar-refractivity contribution in [2.45, 2.75) is 19.3 Å². The fourth-order valence-corrected chi connectivity index (χ4v) is 3.54. The number of amides is 1. The molecule has 1 aromatic heterocycles. The van der Waals surface area contributed by atoms with E-state index in [9.17, 15) is 4.79 Å². The molecule has 0 bridgehead atoms. The van der Waals surface area contributed by atoms with Crippen molar-refractivity contribution in [2.24, 2.45) is 5.92 Å². The molecule has 1 saturated heterocycles. The highest BCUT2D eigenvalue weighted by Gasteiger charge is 2.36. The monoisotopic (exact) mass is 354 g/mol. The van der Waals surface area contributed by atoms with Crippen molar-refractivity contribution in [3.05, 3.63) is 59.9 Å². The van der Waals surface area contributed by atoms with Crippen LogP contribution in [0.2, 0.25) is 0 Å². The number of ether oxygens (including phenoxy) is 2. The van der Waals surface area contributed by atoms with Crippen molar-refractivity contribution in [3.63, 3.8) is 0 Å². The molecule has 0 radical (unpaired) electrons. The lowest BCUT2D eigenvalue weighted by molar-refractivity contribution is -0.129. The van der Waals surface area contributed by atoms with Crippen LogP contribution in [0, 0.1) is 5.92 Å². The van der Waals surface area contributed by atoms with Crippen LogP contribution in [0.1, 0.15) is 24.1 Å². The second-order valence-corrected chi connectivity index (χ2v) is 6.63. The number of aromatic nitrogens is 1. The van der Waals surface area contributed by atoms with Crippen molar-refractivity contribution in [1.29, 1.82) is 0 Å². The molecule has 1 amide bonds. The summed E-state index contributed by atoms with van der Waals surface area (Å²) in [6, 6.07) is 13.7. The second kappa shape index (κ2) is 8.81. The molecular formula is C21H26N2O3. The predicted octanol–water partition coefficient (Wildman–Crippen LogP) is 2.91. The molecule has 0 spiro atoms. The first-order valence-corrected chi connectivity index (χ1v) is 9.10. The Labute approximate surface area is 155 Å². The molecule has 1 fully saturated rings. The highest BCUT2D eigenvalue weighted by molar-refractivity contribution is 5.79. The zero-order chi connectivity index (χ0) is 18.4. The SMILES string of the molecule is CCOc1ccc(CC(=O)N2CC(COC)C(c3ccccn3)C2)cc1. The number of carbonyl (C=O) groups excluding carboxylic acids is 1. The van der Waals surface area contributed by atoms with E-state index in [2.05, 4.69) is 4.98 Å². The van der Waals surface area contributed by atoms with Gasteiger partial charge in [-0.25, -0.2) is 0 Å². The van der Waals surface area contributed by atoms with E-state index in [4.69, 9.17) is 9.47 Å². The summed E-state index contributed by atoms with van der Waals surface area (Å²) >= 11 is 0. The number of carbonyl (C=O) groups is 1. The number of benzene rings is 1. The Morgan fingerprint density at radius 2 is 2.00 bits per heavy atom. The topological polar surface area (TPSA) is 51.7 Å². The summed E-state index contributed by atoms with van der Waals surface area (Å²) in [6.07, 6.45) is 2.21. The third-order valence-corrected chi connectivity index (χ3v) is 4.83. The third kappa shape index (κ3) is 4.41. The first-order valence-electron chi connectivity index (χ1n) is 9.10. The fourth-order valence-electron chi connectivity index (χ4n) is 3.54. The van der Waals surface area contributed by atoms with Gasteiger partial charge in [0, 0.05) is 43.9 Å². The van der Waals surface area contributed by atoms with Gasteiger partial charge in [-0.05, 0) is 36.8 Å². The van der Waals surface area contributed by atoms with Crippen LogP contribution in [-0.2, 0) is 16.0 Å². The predicted molar refractivity (Wildman–Crippen MR) is 100 cm³/mol. The van der Waals surface area contributed by atoms with Crippen LogP contribution >= 0.6 is 0 Å². The normalized spacial score (nSPS) is 19.5. The third-order valence-electron chi connectivity index (χ3n) is 4.83. The molecule has 2 atom stereocenters. The number of nitrogens with zero attached hydrogens (tertiary/aromatic N) is 2. The first kappa shape index (κ1) is 18.4. The van der Waals surface area contributed by atoms with Gasteiger partial charge in [0.05, 0.1) is 19.6 Å². The Bertz CT molecular complexity index is 703. The van der Waals surface area contributed by atoms with E-state index < -0.39 is 0 Å². The molecule has 26 heavy (non-hydrogen) atoms. The quantitative estimate of drug-likeness (QED) is 0.767. The highest BCUT2D eigenvalue weighted by atomic mass is 16.5. The number of rotatable bonds is 7. The van der Waals surface area contributed by atoms with E-state index in [0.717, 1.165) is 17.0 Å². The van der Waals surface area contributed by atoms with E-state index in [-0.39, 0.29) is 17.7 Å². The van der Waals surface area contributed by atoms with E-state index in [1.54, 1.807) is 7.11 Å². The minimum Gasteiger partial charge on any atom is -0.494 e. The van der Waals surface area contributed by atoms with Crippen molar-refractivity contribution < 1.29 is 14.3 Å². The van der Waals surface area contributed by atoms with Crippen molar-refractivity contribution >= 4 is 5.91 Å². The smallest absolute Gasteiger partial charge is 0.227 e. The van der Waals surface area contributed by atoms with E-state index in [0.29, 0.717) is 32.7 Å². The lowest BCUT2D eigenvalue weighted by Crippen LogP contribution is -2.30. The first-order chi connectivity index (χ1) is 12.7. The van der Waals surface area contributed by atoms with Crippen LogP contribution in [-0.4, -0.2) is 49.2 Å². The van der Waals surface area contributed by atoms with E-state index in [1.165, 1.54) is 0 Å². The Morgan fingerprint density at radius 3 is 2.65 bits per heavy atom. The Hall–Kier alpha value is -2.40. The van der Waals surface area contributed by atoms with Crippen molar-refractivity contribution in [3.8, 4) is 5.75 Å². The summed E-state index contributed by atoms with van der Waals surface area (Å²) in [5.74, 6) is 1.48. The average molecular weight is 354 g/mol. The zero-order valence-corrected chi connectivity index (χ0v) is 15.4. The molecule has 2 heterocycles. The number of pyridine rings is 1. The van der Waals surface area contributed by atoms with Crippen LogP contribution in [0.3, 0.4) is 0 Å². The van der Waals surface area contributed by atoms with E-state index in [1.807, 2.05) is 60.5 Å². The maximum Gasteiger partial charge on any atom is 0.227 e. The molecule has 138 valence electrons. The fraction of sp³-hybridized carbons (Fsp3) is 0.429. The Kier molecular flexibility index (Phi) is 6.23. The van der Waals surface area contributed by atoms with Crippen molar-refractivity contribution in [1.82, 2.24) is 9.88 Å². The summed E-state index contributed by atoms with van der Waals surface area (Å²) in [5, 5.41) is 0. The summed E-state index contributed by atoms with van der Waals surface area (Å²) in [5.41, 5.74) is 2.04. The number of likely N-dealkylation sites (tertiary alicyclic amines) is 1. The lowest BCUT2D eigenvalue weighted by Gasteiger charge is -2.16. The van der Waals surface area contributed by atoms with Gasteiger partial charge in [0.1, 0.15) is 5.75 Å². The minimum atomic E-state index is 0.147. The number of methoxy groups -OCH3 is 1. The Balaban J connectivity index is 1.65. The van der Waals surface area contributed by atoms with Gasteiger partial charge in [-0.2, -0.15) is 0 Å². The number of hydrogen-bond donors (Lipinski definition) is 0.